The van der Waals surface area contributed by atoms with Gasteiger partial charge in [-0.15, -0.1) is 0 Å². The van der Waals surface area contributed by atoms with E-state index in [0.717, 1.165) is 29.7 Å². The van der Waals surface area contributed by atoms with E-state index in [0.29, 0.717) is 0 Å². The molecule has 4 heteroatoms. The van der Waals surface area contributed by atoms with Crippen LogP contribution >= 0.6 is 0 Å². The van der Waals surface area contributed by atoms with Crippen LogP contribution in [0.4, 0.5) is 0 Å². The third kappa shape index (κ3) is 3.99. The number of aromatic nitrogens is 3. The lowest BCUT2D eigenvalue weighted by Gasteiger charge is -2.26. The number of piperidine rings is 1. The Labute approximate surface area is 200 Å². The normalized spacial score (nSPS) is 14.7. The van der Waals surface area contributed by atoms with Gasteiger partial charge in [0.25, 0.3) is 0 Å². The van der Waals surface area contributed by atoms with E-state index in [1.54, 1.807) is 0 Å². The van der Waals surface area contributed by atoms with Crippen LogP contribution in [0.25, 0.3) is 38.7 Å². The lowest BCUT2D eigenvalue weighted by atomic mass is 9.97. The zero-order valence-corrected chi connectivity index (χ0v) is 19.7. The Morgan fingerprint density at radius 2 is 1.56 bits per heavy atom. The molecule has 0 unspecified atom stereocenters. The Balaban J connectivity index is 1.26. The van der Waals surface area contributed by atoms with Crippen LogP contribution in [0.3, 0.4) is 0 Å². The molecule has 3 aromatic carbocycles. The summed E-state index contributed by atoms with van der Waals surface area (Å²) in [5, 5.41) is 7.17. The predicted octanol–water partition coefficient (Wildman–Crippen LogP) is 6.55. The van der Waals surface area contributed by atoms with E-state index in [2.05, 4.69) is 83.8 Å². The Hall–Kier alpha value is -3.50. The first-order valence-electron chi connectivity index (χ1n) is 12.4. The van der Waals surface area contributed by atoms with Gasteiger partial charge in [0, 0.05) is 30.1 Å². The summed E-state index contributed by atoms with van der Waals surface area (Å²) in [6.45, 7) is 5.84. The zero-order chi connectivity index (χ0) is 22.9. The van der Waals surface area contributed by atoms with E-state index < -0.39 is 0 Å². The molecule has 0 bridgehead atoms. The molecule has 0 amide bonds. The molecule has 2 aromatic heterocycles. The van der Waals surface area contributed by atoms with E-state index >= 15 is 0 Å². The van der Waals surface area contributed by atoms with Crippen LogP contribution in [0, 0.1) is 6.92 Å². The van der Waals surface area contributed by atoms with Gasteiger partial charge in [0.1, 0.15) is 0 Å². The number of fused-ring (bicyclic) bond motifs is 2. The van der Waals surface area contributed by atoms with Crippen LogP contribution in [-0.4, -0.2) is 39.1 Å². The second-order valence-corrected chi connectivity index (χ2v) is 9.49. The van der Waals surface area contributed by atoms with Gasteiger partial charge in [-0.05, 0) is 72.3 Å². The SMILES string of the molecule is Cc1ccc(-c2cnn3cc(-c4ccc(CCN5CCCCC5)cc4)cnc23)c2ccccc12. The van der Waals surface area contributed by atoms with Crippen LogP contribution in [-0.2, 0) is 6.42 Å². The monoisotopic (exact) mass is 446 g/mol. The van der Waals surface area contributed by atoms with Crippen LogP contribution in [0.1, 0.15) is 30.4 Å². The summed E-state index contributed by atoms with van der Waals surface area (Å²) in [5.41, 5.74) is 8.06. The maximum Gasteiger partial charge on any atom is 0.162 e. The molecule has 0 radical (unpaired) electrons. The number of hydrogen-bond donors (Lipinski definition) is 0. The maximum atomic E-state index is 4.84. The van der Waals surface area contributed by atoms with Crippen LogP contribution in [0.5, 0.6) is 0 Å². The fourth-order valence-electron chi connectivity index (χ4n) is 5.23. The minimum absolute atomic E-state index is 0.885. The van der Waals surface area contributed by atoms with Gasteiger partial charge in [-0.2, -0.15) is 5.10 Å². The second kappa shape index (κ2) is 9.03. The largest absolute Gasteiger partial charge is 0.303 e. The number of likely N-dealkylation sites (tertiary alicyclic amines) is 1. The van der Waals surface area contributed by atoms with Crippen molar-refractivity contribution in [3.63, 3.8) is 0 Å². The molecule has 34 heavy (non-hydrogen) atoms. The van der Waals surface area contributed by atoms with Crippen molar-refractivity contribution in [2.45, 2.75) is 32.6 Å². The van der Waals surface area contributed by atoms with Crippen molar-refractivity contribution in [1.29, 1.82) is 0 Å². The summed E-state index contributed by atoms with van der Waals surface area (Å²) in [5.74, 6) is 0. The van der Waals surface area contributed by atoms with Gasteiger partial charge in [-0.3, -0.25) is 0 Å². The number of hydrogen-bond acceptors (Lipinski definition) is 3. The topological polar surface area (TPSA) is 33.4 Å². The first-order valence-corrected chi connectivity index (χ1v) is 12.4. The fraction of sp³-hybridized carbons (Fsp3) is 0.267. The zero-order valence-electron chi connectivity index (χ0n) is 19.7. The highest BCUT2D eigenvalue weighted by molar-refractivity contribution is 6.01. The first kappa shape index (κ1) is 21.1. The van der Waals surface area contributed by atoms with Gasteiger partial charge in [0.05, 0.1) is 6.20 Å². The van der Waals surface area contributed by atoms with Crippen LogP contribution < -0.4 is 0 Å². The summed E-state index contributed by atoms with van der Waals surface area (Å²) in [6.07, 6.45) is 11.2. The van der Waals surface area contributed by atoms with E-state index in [9.17, 15) is 0 Å². The molecule has 4 nitrogen and oxygen atoms in total. The molecule has 0 saturated carbocycles. The van der Waals surface area contributed by atoms with Gasteiger partial charge >= 0.3 is 0 Å². The number of nitrogens with zero attached hydrogens (tertiary/aromatic N) is 4. The minimum Gasteiger partial charge on any atom is -0.303 e. The number of aryl methyl sites for hydroxylation is 1. The van der Waals surface area contributed by atoms with Crippen molar-refractivity contribution in [2.24, 2.45) is 0 Å². The third-order valence-corrected chi connectivity index (χ3v) is 7.24. The van der Waals surface area contributed by atoms with Gasteiger partial charge < -0.3 is 4.90 Å². The Morgan fingerprint density at radius 3 is 2.38 bits per heavy atom. The van der Waals surface area contributed by atoms with Crippen LogP contribution in [0.2, 0.25) is 0 Å². The number of rotatable bonds is 5. The molecular formula is C30H30N4. The van der Waals surface area contributed by atoms with Crippen molar-refractivity contribution in [1.82, 2.24) is 19.5 Å². The smallest absolute Gasteiger partial charge is 0.162 e. The molecule has 0 N–H and O–H groups in total. The molecule has 0 spiro atoms. The Bertz CT molecular complexity index is 1440. The van der Waals surface area contributed by atoms with Gasteiger partial charge in [-0.25, -0.2) is 9.50 Å². The first-order chi connectivity index (χ1) is 16.8. The number of benzene rings is 3. The summed E-state index contributed by atoms with van der Waals surface area (Å²) < 4.78 is 1.91. The standard InChI is InChI=1S/C30H30N4/c1-22-9-14-28(27-8-4-3-7-26(22)27)29-20-32-34-21-25(19-31-30(29)34)24-12-10-23(11-13-24)15-18-33-16-5-2-6-17-33/h3-4,7-14,19-21H,2,5-6,15-18H2,1H3. The second-order valence-electron chi connectivity index (χ2n) is 9.49. The highest BCUT2D eigenvalue weighted by Gasteiger charge is 2.13. The molecule has 6 rings (SSSR count). The highest BCUT2D eigenvalue weighted by atomic mass is 15.2. The molecule has 5 aromatic rings. The average Bonchev–Trinajstić information content (AvgIpc) is 3.32. The maximum absolute atomic E-state index is 4.84. The molecule has 1 aliphatic rings. The summed E-state index contributed by atoms with van der Waals surface area (Å²) >= 11 is 0. The molecule has 0 atom stereocenters. The minimum atomic E-state index is 0.885. The van der Waals surface area contributed by atoms with Crippen molar-refractivity contribution in [3.8, 4) is 22.3 Å². The summed E-state index contributed by atoms with van der Waals surface area (Å²) in [7, 11) is 0. The van der Waals surface area contributed by atoms with Crippen molar-refractivity contribution in [3.05, 3.63) is 90.4 Å². The molecule has 3 heterocycles. The quantitative estimate of drug-likeness (QED) is 0.307. The molecule has 1 saturated heterocycles. The molecular weight excluding hydrogens is 416 g/mol. The van der Waals surface area contributed by atoms with Crippen molar-refractivity contribution in [2.75, 3.05) is 19.6 Å². The lowest BCUT2D eigenvalue weighted by molar-refractivity contribution is 0.231. The Kier molecular flexibility index (Phi) is 5.60. The third-order valence-electron chi connectivity index (χ3n) is 7.24. The van der Waals surface area contributed by atoms with Crippen molar-refractivity contribution < 1.29 is 0 Å². The molecule has 170 valence electrons. The van der Waals surface area contributed by atoms with E-state index in [1.165, 1.54) is 65.4 Å². The van der Waals surface area contributed by atoms with E-state index in [-0.39, 0.29) is 0 Å². The summed E-state index contributed by atoms with van der Waals surface area (Å²) in [6, 6.07) is 21.9. The van der Waals surface area contributed by atoms with Gasteiger partial charge in [0.15, 0.2) is 5.65 Å². The van der Waals surface area contributed by atoms with Crippen molar-refractivity contribution >= 4 is 16.4 Å². The molecule has 1 aliphatic heterocycles. The van der Waals surface area contributed by atoms with E-state index in [1.807, 2.05) is 16.9 Å². The van der Waals surface area contributed by atoms with Gasteiger partial charge in [0.2, 0.25) is 0 Å². The lowest BCUT2D eigenvalue weighted by Crippen LogP contribution is -2.31. The fourth-order valence-corrected chi connectivity index (χ4v) is 5.23. The van der Waals surface area contributed by atoms with Gasteiger partial charge in [-0.1, -0.05) is 67.1 Å². The van der Waals surface area contributed by atoms with E-state index in [4.69, 9.17) is 4.98 Å². The summed E-state index contributed by atoms with van der Waals surface area (Å²) in [4.78, 5) is 7.44. The molecule has 0 aliphatic carbocycles. The Morgan fingerprint density at radius 1 is 0.765 bits per heavy atom. The van der Waals surface area contributed by atoms with Crippen LogP contribution in [0.15, 0.2) is 79.3 Å². The predicted molar refractivity (Wildman–Crippen MR) is 140 cm³/mol. The highest BCUT2D eigenvalue weighted by Crippen LogP contribution is 2.33. The molecule has 1 fully saturated rings. The average molecular weight is 447 g/mol.